The molecule has 14 heavy (non-hydrogen) atoms. The van der Waals surface area contributed by atoms with E-state index in [1.165, 1.54) is 6.07 Å². The summed E-state index contributed by atoms with van der Waals surface area (Å²) in [7, 11) is 0. The van der Waals surface area contributed by atoms with Gasteiger partial charge in [-0.1, -0.05) is 17.9 Å². The van der Waals surface area contributed by atoms with Crippen molar-refractivity contribution in [3.05, 3.63) is 35.4 Å². The molecule has 0 aliphatic carbocycles. The lowest BCUT2D eigenvalue weighted by Crippen LogP contribution is -1.96. The van der Waals surface area contributed by atoms with E-state index in [1.54, 1.807) is 18.2 Å². The summed E-state index contributed by atoms with van der Waals surface area (Å²) in [6, 6.07) is 6.54. The predicted octanol–water partition coefficient (Wildman–Crippen LogP) is 1.09. The van der Waals surface area contributed by atoms with Crippen LogP contribution in [0.15, 0.2) is 24.3 Å². The molecular formula is C11H11NO2. The van der Waals surface area contributed by atoms with Crippen molar-refractivity contribution >= 4 is 5.97 Å². The topological polar surface area (TPSA) is 63.3 Å². The third-order valence-electron chi connectivity index (χ3n) is 1.61. The van der Waals surface area contributed by atoms with Crippen molar-refractivity contribution in [3.63, 3.8) is 0 Å². The largest absolute Gasteiger partial charge is 0.478 e. The molecule has 0 aromatic heterocycles. The molecule has 3 N–H and O–H groups in total. The van der Waals surface area contributed by atoms with Gasteiger partial charge in [0.2, 0.25) is 0 Å². The minimum Gasteiger partial charge on any atom is -0.478 e. The van der Waals surface area contributed by atoms with Gasteiger partial charge in [-0.15, -0.1) is 0 Å². The van der Waals surface area contributed by atoms with Crippen LogP contribution in [-0.4, -0.2) is 17.6 Å². The Balaban J connectivity index is 2.85. The molecule has 0 bridgehead atoms. The van der Waals surface area contributed by atoms with E-state index in [9.17, 15) is 4.79 Å². The van der Waals surface area contributed by atoms with Crippen LogP contribution in [-0.2, 0) is 0 Å². The normalized spacial score (nSPS) is 8.93. The molecule has 0 radical (unpaired) electrons. The molecule has 0 aliphatic heterocycles. The summed E-state index contributed by atoms with van der Waals surface area (Å²) in [4.78, 5) is 10.6. The lowest BCUT2D eigenvalue weighted by atomic mass is 10.1. The first kappa shape index (κ1) is 10.3. The molecule has 1 aromatic carbocycles. The van der Waals surface area contributed by atoms with Gasteiger partial charge in [-0.25, -0.2) is 4.79 Å². The molecular weight excluding hydrogens is 178 g/mol. The molecule has 0 saturated heterocycles. The number of hydrogen-bond donors (Lipinski definition) is 2. The second-order valence-electron chi connectivity index (χ2n) is 2.73. The molecule has 0 saturated carbocycles. The molecule has 72 valence electrons. The Morgan fingerprint density at radius 3 is 2.93 bits per heavy atom. The molecule has 1 aromatic rings. The molecule has 0 unspecified atom stereocenters. The number of carboxylic acid groups (broad SMARTS) is 1. The average molecular weight is 189 g/mol. The summed E-state index contributed by atoms with van der Waals surface area (Å²) in [6.07, 6.45) is 0.622. The van der Waals surface area contributed by atoms with Crippen LogP contribution in [0.5, 0.6) is 0 Å². The zero-order valence-electron chi connectivity index (χ0n) is 7.66. The van der Waals surface area contributed by atoms with Crippen LogP contribution in [0.25, 0.3) is 0 Å². The number of rotatable bonds is 2. The highest BCUT2D eigenvalue weighted by molar-refractivity contribution is 5.87. The SMILES string of the molecule is NCCC#Cc1cccc(C(=O)O)c1. The van der Waals surface area contributed by atoms with Crippen LogP contribution in [0.2, 0.25) is 0 Å². The zero-order valence-corrected chi connectivity index (χ0v) is 7.66. The van der Waals surface area contributed by atoms with E-state index in [0.29, 0.717) is 18.5 Å². The average Bonchev–Trinajstić information content (AvgIpc) is 2.19. The highest BCUT2D eigenvalue weighted by Crippen LogP contribution is 2.03. The smallest absolute Gasteiger partial charge is 0.335 e. The van der Waals surface area contributed by atoms with E-state index in [-0.39, 0.29) is 5.56 Å². The summed E-state index contributed by atoms with van der Waals surface area (Å²) in [5.41, 5.74) is 6.24. The van der Waals surface area contributed by atoms with Gasteiger partial charge in [-0.2, -0.15) is 0 Å². The molecule has 0 heterocycles. The maximum absolute atomic E-state index is 10.6. The Kier molecular flexibility index (Phi) is 3.71. The van der Waals surface area contributed by atoms with Gasteiger partial charge in [0.25, 0.3) is 0 Å². The van der Waals surface area contributed by atoms with Gasteiger partial charge >= 0.3 is 5.97 Å². The van der Waals surface area contributed by atoms with Gasteiger partial charge in [0.15, 0.2) is 0 Å². The molecule has 3 heteroatoms. The van der Waals surface area contributed by atoms with Crippen molar-refractivity contribution in [3.8, 4) is 11.8 Å². The number of benzene rings is 1. The fourth-order valence-electron chi connectivity index (χ4n) is 0.967. The Labute approximate surface area is 82.6 Å². The van der Waals surface area contributed by atoms with Crippen LogP contribution in [0.1, 0.15) is 22.3 Å². The molecule has 0 aliphatic rings. The molecule has 0 amide bonds. The van der Waals surface area contributed by atoms with Gasteiger partial charge in [0.1, 0.15) is 0 Å². The Morgan fingerprint density at radius 2 is 2.29 bits per heavy atom. The summed E-state index contributed by atoms with van der Waals surface area (Å²) in [5.74, 6) is 4.76. The Morgan fingerprint density at radius 1 is 1.50 bits per heavy atom. The lowest BCUT2D eigenvalue weighted by molar-refractivity contribution is 0.0697. The molecule has 0 spiro atoms. The summed E-state index contributed by atoms with van der Waals surface area (Å²) >= 11 is 0. The van der Waals surface area contributed by atoms with Crippen molar-refractivity contribution in [1.29, 1.82) is 0 Å². The minimum atomic E-state index is -0.938. The van der Waals surface area contributed by atoms with E-state index < -0.39 is 5.97 Å². The zero-order chi connectivity index (χ0) is 10.4. The number of carbonyl (C=O) groups is 1. The van der Waals surface area contributed by atoms with Crippen LogP contribution in [0, 0.1) is 11.8 Å². The molecule has 0 fully saturated rings. The van der Waals surface area contributed by atoms with E-state index in [2.05, 4.69) is 11.8 Å². The highest BCUT2D eigenvalue weighted by Gasteiger charge is 2.00. The number of hydrogen-bond acceptors (Lipinski definition) is 2. The van der Waals surface area contributed by atoms with Crippen molar-refractivity contribution in [2.24, 2.45) is 5.73 Å². The van der Waals surface area contributed by atoms with Crippen LogP contribution >= 0.6 is 0 Å². The fraction of sp³-hybridized carbons (Fsp3) is 0.182. The van der Waals surface area contributed by atoms with Gasteiger partial charge in [-0.05, 0) is 18.2 Å². The third kappa shape index (κ3) is 2.92. The Hall–Kier alpha value is -1.79. The first-order valence-electron chi connectivity index (χ1n) is 4.26. The van der Waals surface area contributed by atoms with Gasteiger partial charge in [0.05, 0.1) is 5.56 Å². The van der Waals surface area contributed by atoms with Gasteiger partial charge < -0.3 is 10.8 Å². The van der Waals surface area contributed by atoms with E-state index >= 15 is 0 Å². The number of nitrogens with two attached hydrogens (primary N) is 1. The number of aromatic carboxylic acids is 1. The van der Waals surface area contributed by atoms with Crippen molar-refractivity contribution in [1.82, 2.24) is 0 Å². The van der Waals surface area contributed by atoms with Crippen LogP contribution in [0.4, 0.5) is 0 Å². The first-order chi connectivity index (χ1) is 6.74. The Bertz CT molecular complexity index is 388. The molecule has 0 atom stereocenters. The highest BCUT2D eigenvalue weighted by atomic mass is 16.4. The van der Waals surface area contributed by atoms with Crippen molar-refractivity contribution in [2.45, 2.75) is 6.42 Å². The van der Waals surface area contributed by atoms with Gasteiger partial charge in [-0.3, -0.25) is 0 Å². The predicted molar refractivity (Wildman–Crippen MR) is 54.0 cm³/mol. The van der Waals surface area contributed by atoms with Crippen LogP contribution < -0.4 is 5.73 Å². The second kappa shape index (κ2) is 5.05. The monoisotopic (exact) mass is 189 g/mol. The van der Waals surface area contributed by atoms with E-state index in [1.807, 2.05) is 0 Å². The van der Waals surface area contributed by atoms with E-state index in [0.717, 1.165) is 0 Å². The standard InChI is InChI=1S/C11H11NO2/c12-7-2-1-4-9-5-3-6-10(8-9)11(13)14/h3,5-6,8H,2,7,12H2,(H,13,14). The summed E-state index contributed by atoms with van der Waals surface area (Å²) in [5, 5.41) is 8.71. The molecule has 1 rings (SSSR count). The maximum atomic E-state index is 10.6. The fourth-order valence-corrected chi connectivity index (χ4v) is 0.967. The van der Waals surface area contributed by atoms with Crippen LogP contribution in [0.3, 0.4) is 0 Å². The summed E-state index contributed by atoms with van der Waals surface area (Å²) < 4.78 is 0. The van der Waals surface area contributed by atoms with E-state index in [4.69, 9.17) is 10.8 Å². The summed E-state index contributed by atoms with van der Waals surface area (Å²) in [6.45, 7) is 0.519. The van der Waals surface area contributed by atoms with Crippen molar-refractivity contribution in [2.75, 3.05) is 6.54 Å². The van der Waals surface area contributed by atoms with Gasteiger partial charge in [0, 0.05) is 18.5 Å². The van der Waals surface area contributed by atoms with Crippen molar-refractivity contribution < 1.29 is 9.90 Å². The molecule has 3 nitrogen and oxygen atoms in total. The third-order valence-corrected chi connectivity index (χ3v) is 1.61. The maximum Gasteiger partial charge on any atom is 0.335 e. The number of carboxylic acids is 1. The first-order valence-corrected chi connectivity index (χ1v) is 4.26. The second-order valence-corrected chi connectivity index (χ2v) is 2.73. The lowest BCUT2D eigenvalue weighted by Gasteiger charge is -1.94. The quantitative estimate of drug-likeness (QED) is 0.684. The minimum absolute atomic E-state index is 0.254.